The number of hydrogen-bond acceptors (Lipinski definition) is 4. The first kappa shape index (κ1) is 15.2. The lowest BCUT2D eigenvalue weighted by Gasteiger charge is -2.39. The van der Waals surface area contributed by atoms with Crippen molar-refractivity contribution < 1.29 is 18.9 Å². The maximum Gasteiger partial charge on any atom is 0.146 e. The van der Waals surface area contributed by atoms with Crippen LogP contribution >= 0.6 is 0 Å². The van der Waals surface area contributed by atoms with Crippen molar-refractivity contribution in [3.63, 3.8) is 0 Å². The Labute approximate surface area is 116 Å². The molecule has 2 rings (SSSR count). The van der Waals surface area contributed by atoms with Crippen molar-refractivity contribution >= 4 is 0 Å². The summed E-state index contributed by atoms with van der Waals surface area (Å²) in [6.07, 6.45) is 4.53. The van der Waals surface area contributed by atoms with E-state index >= 15 is 0 Å². The smallest absolute Gasteiger partial charge is 0.146 e. The van der Waals surface area contributed by atoms with Crippen LogP contribution in [0.3, 0.4) is 0 Å². The van der Waals surface area contributed by atoms with E-state index in [0.717, 1.165) is 58.9 Å². The van der Waals surface area contributed by atoms with Gasteiger partial charge in [-0.1, -0.05) is 13.8 Å². The van der Waals surface area contributed by atoms with E-state index in [9.17, 15) is 0 Å². The zero-order valence-corrected chi connectivity index (χ0v) is 12.4. The summed E-state index contributed by atoms with van der Waals surface area (Å²) in [6, 6.07) is 0. The fourth-order valence-electron chi connectivity index (χ4n) is 2.90. The largest absolute Gasteiger partial charge is 0.381 e. The molecule has 0 bridgehead atoms. The number of ether oxygens (including phenoxy) is 4. The van der Waals surface area contributed by atoms with E-state index in [0.29, 0.717) is 6.79 Å². The summed E-state index contributed by atoms with van der Waals surface area (Å²) in [5.74, 6) is 0. The van der Waals surface area contributed by atoms with Crippen LogP contribution in [0.2, 0.25) is 0 Å². The number of rotatable bonds is 6. The molecule has 2 heterocycles. The van der Waals surface area contributed by atoms with Crippen LogP contribution in [0.5, 0.6) is 0 Å². The van der Waals surface area contributed by atoms with Gasteiger partial charge in [0.15, 0.2) is 0 Å². The van der Waals surface area contributed by atoms with Gasteiger partial charge in [0.05, 0.1) is 33.0 Å². The summed E-state index contributed by atoms with van der Waals surface area (Å²) in [5, 5.41) is 0. The van der Waals surface area contributed by atoms with Crippen molar-refractivity contribution in [2.45, 2.75) is 39.5 Å². The molecule has 1 unspecified atom stereocenters. The molecule has 0 N–H and O–H groups in total. The van der Waals surface area contributed by atoms with Crippen molar-refractivity contribution in [2.24, 2.45) is 10.8 Å². The fraction of sp³-hybridized carbons (Fsp3) is 1.00. The second-order valence-corrected chi connectivity index (χ2v) is 6.17. The third-order valence-electron chi connectivity index (χ3n) is 4.70. The molecule has 0 saturated carbocycles. The van der Waals surface area contributed by atoms with Crippen LogP contribution in [0.25, 0.3) is 0 Å². The normalized spacial score (nSPS) is 31.3. The molecule has 0 aromatic rings. The van der Waals surface area contributed by atoms with Gasteiger partial charge in [0.1, 0.15) is 6.79 Å². The minimum Gasteiger partial charge on any atom is -0.381 e. The standard InChI is InChI=1S/C15H28O4/c1-3-14(6-5-7-16-8-14)9-17-10-15(4-2)11-18-13-19-12-15/h3-13H2,1-2H3. The van der Waals surface area contributed by atoms with Crippen molar-refractivity contribution in [1.82, 2.24) is 0 Å². The van der Waals surface area contributed by atoms with Crippen molar-refractivity contribution in [3.05, 3.63) is 0 Å². The van der Waals surface area contributed by atoms with E-state index in [-0.39, 0.29) is 10.8 Å². The molecule has 19 heavy (non-hydrogen) atoms. The summed E-state index contributed by atoms with van der Waals surface area (Å²) in [7, 11) is 0. The lowest BCUT2D eigenvalue weighted by atomic mass is 9.80. The summed E-state index contributed by atoms with van der Waals surface area (Å²) < 4.78 is 22.6. The van der Waals surface area contributed by atoms with Crippen LogP contribution in [-0.2, 0) is 18.9 Å². The Morgan fingerprint density at radius 3 is 2.11 bits per heavy atom. The van der Waals surface area contributed by atoms with Crippen LogP contribution in [0.4, 0.5) is 0 Å². The summed E-state index contributed by atoms with van der Waals surface area (Å²) in [5.41, 5.74) is 0.270. The third-order valence-corrected chi connectivity index (χ3v) is 4.70. The molecule has 2 aliphatic rings. The Morgan fingerprint density at radius 1 is 0.895 bits per heavy atom. The average Bonchev–Trinajstić information content (AvgIpc) is 2.49. The van der Waals surface area contributed by atoms with E-state index in [4.69, 9.17) is 18.9 Å². The fourth-order valence-corrected chi connectivity index (χ4v) is 2.90. The zero-order chi connectivity index (χ0) is 13.6. The molecule has 0 aromatic carbocycles. The van der Waals surface area contributed by atoms with E-state index in [1.807, 2.05) is 0 Å². The molecule has 112 valence electrons. The van der Waals surface area contributed by atoms with Gasteiger partial charge >= 0.3 is 0 Å². The average molecular weight is 272 g/mol. The van der Waals surface area contributed by atoms with E-state index < -0.39 is 0 Å². The van der Waals surface area contributed by atoms with Gasteiger partial charge in [0.25, 0.3) is 0 Å². The van der Waals surface area contributed by atoms with Crippen LogP contribution < -0.4 is 0 Å². The molecule has 4 heteroatoms. The van der Waals surface area contributed by atoms with Gasteiger partial charge in [-0.15, -0.1) is 0 Å². The SMILES string of the molecule is CCC1(COCC2(CC)COCOC2)CCCOC1. The predicted octanol–water partition coefficient (Wildman–Crippen LogP) is 2.61. The molecular formula is C15H28O4. The van der Waals surface area contributed by atoms with Gasteiger partial charge in [-0.25, -0.2) is 0 Å². The first-order valence-electron chi connectivity index (χ1n) is 7.55. The first-order valence-corrected chi connectivity index (χ1v) is 7.55. The molecule has 0 radical (unpaired) electrons. The Morgan fingerprint density at radius 2 is 1.53 bits per heavy atom. The van der Waals surface area contributed by atoms with Gasteiger partial charge < -0.3 is 18.9 Å². The highest BCUT2D eigenvalue weighted by Crippen LogP contribution is 2.34. The Balaban J connectivity index is 1.80. The Hall–Kier alpha value is -0.160. The van der Waals surface area contributed by atoms with Crippen molar-refractivity contribution in [1.29, 1.82) is 0 Å². The summed E-state index contributed by atoms with van der Waals surface area (Å²) in [6.45, 7) is 9.61. The Bertz CT molecular complexity index is 229. The van der Waals surface area contributed by atoms with Gasteiger partial charge in [-0.2, -0.15) is 0 Å². The van der Waals surface area contributed by atoms with Gasteiger partial charge in [0.2, 0.25) is 0 Å². The highest BCUT2D eigenvalue weighted by molar-refractivity contribution is 4.83. The van der Waals surface area contributed by atoms with Gasteiger partial charge in [0, 0.05) is 17.4 Å². The molecule has 2 fully saturated rings. The van der Waals surface area contributed by atoms with Crippen LogP contribution in [-0.4, -0.2) is 46.4 Å². The van der Waals surface area contributed by atoms with E-state index in [1.165, 1.54) is 6.42 Å². The molecule has 2 aliphatic heterocycles. The zero-order valence-electron chi connectivity index (χ0n) is 12.4. The molecule has 0 spiro atoms. The third kappa shape index (κ3) is 3.91. The lowest BCUT2D eigenvalue weighted by molar-refractivity contribution is -0.188. The number of hydrogen-bond donors (Lipinski definition) is 0. The lowest BCUT2D eigenvalue weighted by Crippen LogP contribution is -2.43. The van der Waals surface area contributed by atoms with Gasteiger partial charge in [-0.05, 0) is 25.7 Å². The second-order valence-electron chi connectivity index (χ2n) is 6.17. The van der Waals surface area contributed by atoms with Crippen LogP contribution in [0.1, 0.15) is 39.5 Å². The maximum absolute atomic E-state index is 6.06. The Kier molecular flexibility index (Phi) is 5.63. The molecule has 0 amide bonds. The molecule has 2 saturated heterocycles. The first-order chi connectivity index (χ1) is 9.24. The molecule has 1 atom stereocenters. The highest BCUT2D eigenvalue weighted by atomic mass is 16.7. The molecule has 0 aromatic heterocycles. The van der Waals surface area contributed by atoms with E-state index in [1.54, 1.807) is 0 Å². The highest BCUT2D eigenvalue weighted by Gasteiger charge is 2.35. The molecule has 4 nitrogen and oxygen atoms in total. The summed E-state index contributed by atoms with van der Waals surface area (Å²) >= 11 is 0. The minimum atomic E-state index is 0.0444. The second kappa shape index (κ2) is 7.02. The maximum atomic E-state index is 6.06. The molecular weight excluding hydrogens is 244 g/mol. The monoisotopic (exact) mass is 272 g/mol. The predicted molar refractivity (Wildman–Crippen MR) is 73.1 cm³/mol. The minimum absolute atomic E-state index is 0.0444. The van der Waals surface area contributed by atoms with Crippen molar-refractivity contribution in [3.8, 4) is 0 Å². The van der Waals surface area contributed by atoms with Crippen LogP contribution in [0, 0.1) is 10.8 Å². The topological polar surface area (TPSA) is 36.9 Å². The van der Waals surface area contributed by atoms with Crippen molar-refractivity contribution in [2.75, 3.05) is 46.4 Å². The molecule has 0 aliphatic carbocycles. The van der Waals surface area contributed by atoms with Gasteiger partial charge in [-0.3, -0.25) is 0 Å². The van der Waals surface area contributed by atoms with Crippen LogP contribution in [0.15, 0.2) is 0 Å². The van der Waals surface area contributed by atoms with E-state index in [2.05, 4.69) is 13.8 Å². The summed E-state index contributed by atoms with van der Waals surface area (Å²) in [4.78, 5) is 0. The quantitative estimate of drug-likeness (QED) is 0.745.